The number of tetrazole rings is 1. The third kappa shape index (κ3) is 2.97. The molecular weight excluding hydrogens is 350 g/mol. The van der Waals surface area contributed by atoms with E-state index in [4.69, 9.17) is 4.98 Å². The van der Waals surface area contributed by atoms with E-state index in [1.807, 2.05) is 41.0 Å². The molecule has 8 nitrogen and oxygen atoms in total. The SMILES string of the molecule is CC(=O)c1cccc(CSc2nc3ccccc3n2-c2nnnn2C)n1. The first-order valence-electron chi connectivity index (χ1n) is 7.93. The maximum absolute atomic E-state index is 11.5. The maximum atomic E-state index is 11.5. The molecule has 130 valence electrons. The Kier molecular flexibility index (Phi) is 4.21. The van der Waals surface area contributed by atoms with Crippen LogP contribution in [0.2, 0.25) is 0 Å². The van der Waals surface area contributed by atoms with E-state index in [1.165, 1.54) is 18.7 Å². The van der Waals surface area contributed by atoms with Gasteiger partial charge in [0.05, 0.1) is 16.7 Å². The van der Waals surface area contributed by atoms with Gasteiger partial charge in [-0.25, -0.2) is 14.6 Å². The van der Waals surface area contributed by atoms with E-state index in [0.29, 0.717) is 17.4 Å². The number of carbonyl (C=O) groups is 1. The van der Waals surface area contributed by atoms with Gasteiger partial charge in [0.1, 0.15) is 5.69 Å². The molecule has 0 aliphatic heterocycles. The molecule has 0 bridgehead atoms. The largest absolute Gasteiger partial charge is 0.293 e. The Morgan fingerprint density at radius 3 is 2.73 bits per heavy atom. The number of imidazole rings is 1. The lowest BCUT2D eigenvalue weighted by atomic mass is 10.2. The number of pyridine rings is 1. The Morgan fingerprint density at radius 1 is 1.12 bits per heavy atom. The average Bonchev–Trinajstić information content (AvgIpc) is 3.22. The summed E-state index contributed by atoms with van der Waals surface area (Å²) < 4.78 is 3.53. The standard InChI is InChI=1S/C17H15N7OS/c1-11(25)13-8-5-6-12(18-13)10-26-17-19-14-7-3-4-9-15(14)24(17)16-20-21-22-23(16)2/h3-9H,10H2,1-2H3. The van der Waals surface area contributed by atoms with Crippen molar-refractivity contribution in [2.45, 2.75) is 17.8 Å². The van der Waals surface area contributed by atoms with Crippen molar-refractivity contribution in [1.29, 1.82) is 0 Å². The Balaban J connectivity index is 1.72. The molecule has 0 N–H and O–H groups in total. The molecule has 0 amide bonds. The van der Waals surface area contributed by atoms with Gasteiger partial charge >= 0.3 is 0 Å². The Morgan fingerprint density at radius 2 is 1.96 bits per heavy atom. The molecule has 0 aliphatic rings. The van der Waals surface area contributed by atoms with Crippen LogP contribution in [0.5, 0.6) is 0 Å². The van der Waals surface area contributed by atoms with Crippen LogP contribution in [0.25, 0.3) is 17.0 Å². The molecule has 0 saturated carbocycles. The lowest BCUT2D eigenvalue weighted by Crippen LogP contribution is -2.06. The molecule has 1 aromatic carbocycles. The van der Waals surface area contributed by atoms with Gasteiger partial charge < -0.3 is 0 Å². The summed E-state index contributed by atoms with van der Waals surface area (Å²) in [6.07, 6.45) is 0. The van der Waals surface area contributed by atoms with Crippen LogP contribution in [0.3, 0.4) is 0 Å². The van der Waals surface area contributed by atoms with E-state index in [1.54, 1.807) is 17.8 Å². The number of hydrogen-bond donors (Lipinski definition) is 0. The van der Waals surface area contributed by atoms with Crippen molar-refractivity contribution in [3.05, 3.63) is 53.9 Å². The number of aromatic nitrogens is 7. The number of para-hydroxylation sites is 2. The second-order valence-electron chi connectivity index (χ2n) is 5.68. The number of aryl methyl sites for hydroxylation is 1. The molecule has 0 fully saturated rings. The summed E-state index contributed by atoms with van der Waals surface area (Å²) in [4.78, 5) is 20.6. The zero-order valence-corrected chi connectivity index (χ0v) is 15.0. The van der Waals surface area contributed by atoms with Gasteiger partial charge in [0.25, 0.3) is 5.95 Å². The summed E-state index contributed by atoms with van der Waals surface area (Å²) in [7, 11) is 1.79. The van der Waals surface area contributed by atoms with Crippen molar-refractivity contribution in [3.8, 4) is 5.95 Å². The molecule has 0 radical (unpaired) electrons. The molecule has 0 atom stereocenters. The van der Waals surface area contributed by atoms with Gasteiger partial charge in [0.2, 0.25) is 0 Å². The predicted molar refractivity (Wildman–Crippen MR) is 97.2 cm³/mol. The normalized spacial score (nSPS) is 11.2. The number of Topliss-reactive ketones (excluding diaryl/α,β-unsaturated/α-hetero) is 1. The Bertz CT molecular complexity index is 1100. The highest BCUT2D eigenvalue weighted by Gasteiger charge is 2.17. The molecule has 3 heterocycles. The maximum Gasteiger partial charge on any atom is 0.256 e. The third-order valence-electron chi connectivity index (χ3n) is 3.84. The highest BCUT2D eigenvalue weighted by Crippen LogP contribution is 2.28. The first-order chi connectivity index (χ1) is 12.6. The van der Waals surface area contributed by atoms with E-state index < -0.39 is 0 Å². The van der Waals surface area contributed by atoms with E-state index in [2.05, 4.69) is 20.5 Å². The number of fused-ring (bicyclic) bond motifs is 1. The van der Waals surface area contributed by atoms with Gasteiger partial charge in [-0.05, 0) is 34.7 Å². The average molecular weight is 365 g/mol. The topological polar surface area (TPSA) is 91.4 Å². The number of nitrogens with zero attached hydrogens (tertiary/aromatic N) is 7. The highest BCUT2D eigenvalue weighted by molar-refractivity contribution is 7.98. The van der Waals surface area contributed by atoms with Gasteiger partial charge in [0.15, 0.2) is 10.9 Å². The molecule has 4 aromatic rings. The molecular formula is C17H15N7OS. The number of rotatable bonds is 5. The third-order valence-corrected chi connectivity index (χ3v) is 4.82. The summed E-state index contributed by atoms with van der Waals surface area (Å²) in [5.41, 5.74) is 3.08. The quantitative estimate of drug-likeness (QED) is 0.396. The highest BCUT2D eigenvalue weighted by atomic mass is 32.2. The van der Waals surface area contributed by atoms with Crippen LogP contribution < -0.4 is 0 Å². The second kappa shape index (κ2) is 6.68. The zero-order chi connectivity index (χ0) is 18.1. The Hall–Kier alpha value is -3.07. The summed E-state index contributed by atoms with van der Waals surface area (Å²) >= 11 is 1.52. The number of hydrogen-bond acceptors (Lipinski definition) is 7. The second-order valence-corrected chi connectivity index (χ2v) is 6.62. The van der Waals surface area contributed by atoms with Crippen molar-refractivity contribution in [1.82, 2.24) is 34.7 Å². The minimum absolute atomic E-state index is 0.0470. The van der Waals surface area contributed by atoms with Crippen molar-refractivity contribution in [3.63, 3.8) is 0 Å². The van der Waals surface area contributed by atoms with Gasteiger partial charge in [-0.3, -0.25) is 9.36 Å². The fraction of sp³-hybridized carbons (Fsp3) is 0.176. The molecule has 0 saturated heterocycles. The molecule has 4 rings (SSSR count). The van der Waals surface area contributed by atoms with Crippen LogP contribution in [0.15, 0.2) is 47.6 Å². The first-order valence-corrected chi connectivity index (χ1v) is 8.92. The summed E-state index contributed by atoms with van der Waals surface area (Å²) in [5.74, 6) is 1.12. The lowest BCUT2D eigenvalue weighted by molar-refractivity contribution is 0.101. The van der Waals surface area contributed by atoms with Gasteiger partial charge in [0, 0.05) is 19.7 Å². The van der Waals surface area contributed by atoms with Crippen molar-refractivity contribution < 1.29 is 4.79 Å². The molecule has 0 spiro atoms. The minimum atomic E-state index is -0.0470. The van der Waals surface area contributed by atoms with E-state index >= 15 is 0 Å². The summed E-state index contributed by atoms with van der Waals surface area (Å²) in [6.45, 7) is 1.51. The molecule has 26 heavy (non-hydrogen) atoms. The number of benzene rings is 1. The van der Waals surface area contributed by atoms with Crippen molar-refractivity contribution in [2.24, 2.45) is 7.05 Å². The summed E-state index contributed by atoms with van der Waals surface area (Å²) in [5, 5.41) is 12.5. The molecule has 9 heteroatoms. The van der Waals surface area contributed by atoms with Crippen LogP contribution in [0, 0.1) is 0 Å². The summed E-state index contributed by atoms with van der Waals surface area (Å²) in [6, 6.07) is 13.3. The monoisotopic (exact) mass is 365 g/mol. The number of thioether (sulfide) groups is 1. The molecule has 0 unspecified atom stereocenters. The Labute approximate surface area is 153 Å². The van der Waals surface area contributed by atoms with E-state index in [9.17, 15) is 4.79 Å². The van der Waals surface area contributed by atoms with Crippen LogP contribution in [0.4, 0.5) is 0 Å². The van der Waals surface area contributed by atoms with E-state index in [0.717, 1.165) is 21.9 Å². The van der Waals surface area contributed by atoms with Crippen LogP contribution in [-0.4, -0.2) is 40.5 Å². The number of carbonyl (C=O) groups excluding carboxylic acids is 1. The lowest BCUT2D eigenvalue weighted by Gasteiger charge is -2.07. The van der Waals surface area contributed by atoms with Crippen molar-refractivity contribution in [2.75, 3.05) is 0 Å². The molecule has 3 aromatic heterocycles. The van der Waals surface area contributed by atoms with Gasteiger partial charge in [-0.2, -0.15) is 0 Å². The minimum Gasteiger partial charge on any atom is -0.293 e. The molecule has 0 aliphatic carbocycles. The smallest absolute Gasteiger partial charge is 0.256 e. The first kappa shape index (κ1) is 16.4. The van der Waals surface area contributed by atoms with Crippen molar-refractivity contribution >= 4 is 28.6 Å². The van der Waals surface area contributed by atoms with Crippen LogP contribution in [0.1, 0.15) is 23.1 Å². The fourth-order valence-corrected chi connectivity index (χ4v) is 3.51. The fourth-order valence-electron chi connectivity index (χ4n) is 2.60. The zero-order valence-electron chi connectivity index (χ0n) is 14.2. The van der Waals surface area contributed by atoms with Crippen LogP contribution in [-0.2, 0) is 12.8 Å². The predicted octanol–water partition coefficient (Wildman–Crippen LogP) is 2.44. The van der Waals surface area contributed by atoms with Gasteiger partial charge in [-0.15, -0.1) is 0 Å². The number of ketones is 1. The van der Waals surface area contributed by atoms with Crippen LogP contribution >= 0.6 is 11.8 Å². The van der Waals surface area contributed by atoms with Gasteiger partial charge in [-0.1, -0.05) is 35.1 Å². The van der Waals surface area contributed by atoms with E-state index in [-0.39, 0.29) is 5.78 Å².